The molecule has 9 nitrogen and oxygen atoms in total. The number of amides is 2. The zero-order valence-electron chi connectivity index (χ0n) is 23.7. The Kier molecular flexibility index (Phi) is 10.7. The summed E-state index contributed by atoms with van der Waals surface area (Å²) in [7, 11) is 0. The Morgan fingerprint density at radius 3 is 2.40 bits per heavy atom. The van der Waals surface area contributed by atoms with Gasteiger partial charge in [-0.1, -0.05) is 11.8 Å². The molecule has 9 heteroatoms. The van der Waals surface area contributed by atoms with E-state index in [1.165, 1.54) is 0 Å². The molecule has 1 fully saturated rings. The Morgan fingerprint density at radius 2 is 1.75 bits per heavy atom. The molecule has 0 aromatic heterocycles. The van der Waals surface area contributed by atoms with E-state index in [4.69, 9.17) is 14.9 Å². The topological polar surface area (TPSA) is 121 Å². The summed E-state index contributed by atoms with van der Waals surface area (Å²) in [4.78, 5) is 38.8. The summed E-state index contributed by atoms with van der Waals surface area (Å²) in [6, 6.07) is 12.6. The maximum atomic E-state index is 13.1. The molecule has 3 rings (SSSR count). The Balaban J connectivity index is 1.61. The first-order valence-corrected chi connectivity index (χ1v) is 13.6. The van der Waals surface area contributed by atoms with Crippen molar-refractivity contribution in [2.45, 2.75) is 59.0 Å². The van der Waals surface area contributed by atoms with Crippen molar-refractivity contribution in [3.05, 3.63) is 64.7 Å². The Labute approximate surface area is 236 Å². The van der Waals surface area contributed by atoms with Crippen LogP contribution in [-0.2, 0) is 20.7 Å². The molecule has 2 aromatic carbocycles. The van der Waals surface area contributed by atoms with E-state index in [1.807, 2.05) is 17.0 Å². The first-order chi connectivity index (χ1) is 19.1. The number of ether oxygens (including phenoxy) is 2. The number of hydrogen-bond acceptors (Lipinski definition) is 7. The highest BCUT2D eigenvalue weighted by molar-refractivity contribution is 6.04. The summed E-state index contributed by atoms with van der Waals surface area (Å²) in [5.41, 5.74) is 2.88. The van der Waals surface area contributed by atoms with Crippen molar-refractivity contribution >= 4 is 29.5 Å². The second-order valence-corrected chi connectivity index (χ2v) is 10.4. The molecule has 0 atom stereocenters. The SMILES string of the molecule is CCOC(=O)CCc1cc(C#CCNc2ccc(C(=N)NC(=O)OC(C)(C)C)cc2)ccc1C(=O)N1CCCC1. The number of likely N-dealkylation sites (tertiary alicyclic amines) is 1. The summed E-state index contributed by atoms with van der Waals surface area (Å²) >= 11 is 0. The van der Waals surface area contributed by atoms with Crippen LogP contribution in [0.1, 0.15) is 74.0 Å². The first-order valence-electron chi connectivity index (χ1n) is 13.6. The van der Waals surface area contributed by atoms with Crippen LogP contribution in [0.25, 0.3) is 0 Å². The van der Waals surface area contributed by atoms with E-state index in [2.05, 4.69) is 22.5 Å². The molecule has 1 aliphatic rings. The fourth-order valence-electron chi connectivity index (χ4n) is 4.17. The molecule has 0 saturated carbocycles. The smallest absolute Gasteiger partial charge is 0.413 e. The number of nitrogens with zero attached hydrogens (tertiary/aromatic N) is 1. The van der Waals surface area contributed by atoms with Gasteiger partial charge in [0.15, 0.2) is 0 Å². The zero-order chi connectivity index (χ0) is 29.1. The maximum Gasteiger partial charge on any atom is 0.413 e. The fourth-order valence-corrected chi connectivity index (χ4v) is 4.17. The van der Waals surface area contributed by atoms with Gasteiger partial charge in [0.25, 0.3) is 5.91 Å². The number of hydrogen-bond donors (Lipinski definition) is 3. The molecule has 0 radical (unpaired) electrons. The lowest BCUT2D eigenvalue weighted by Gasteiger charge is -2.19. The number of benzene rings is 2. The standard InChI is InChI=1S/C31H38N4O5/c1-5-39-27(36)17-13-24-21-22(10-16-26(24)29(37)35-19-6-7-20-35)9-8-18-33-25-14-11-23(12-15-25)28(32)34-30(38)40-31(2,3)4/h10-12,14-16,21,33H,5-7,13,17-20H2,1-4H3,(H2,32,34,38). The van der Waals surface area contributed by atoms with Crippen molar-refractivity contribution in [2.75, 3.05) is 31.6 Å². The normalized spacial score (nSPS) is 12.7. The van der Waals surface area contributed by atoms with E-state index in [0.717, 1.165) is 42.7 Å². The molecule has 3 N–H and O–H groups in total. The van der Waals surface area contributed by atoms with E-state index in [0.29, 0.717) is 30.7 Å². The first kappa shape index (κ1) is 30.2. The summed E-state index contributed by atoms with van der Waals surface area (Å²) in [6.45, 7) is 9.26. The number of rotatable bonds is 8. The highest BCUT2D eigenvalue weighted by Gasteiger charge is 2.22. The minimum Gasteiger partial charge on any atom is -0.466 e. The molecule has 2 amide bonds. The van der Waals surface area contributed by atoms with Crippen molar-refractivity contribution in [1.82, 2.24) is 10.2 Å². The summed E-state index contributed by atoms with van der Waals surface area (Å²) in [6.07, 6.45) is 1.95. The molecule has 212 valence electrons. The number of anilines is 1. The lowest BCUT2D eigenvalue weighted by Crippen LogP contribution is -2.36. The number of nitrogens with one attached hydrogen (secondary N) is 3. The summed E-state index contributed by atoms with van der Waals surface area (Å²) in [5, 5.41) is 13.7. The van der Waals surface area contributed by atoms with E-state index >= 15 is 0 Å². The molecule has 1 aliphatic heterocycles. The second-order valence-electron chi connectivity index (χ2n) is 10.4. The van der Waals surface area contributed by atoms with Crippen molar-refractivity contribution in [2.24, 2.45) is 0 Å². The van der Waals surface area contributed by atoms with E-state index in [1.54, 1.807) is 58.0 Å². The molecule has 1 heterocycles. The molecular weight excluding hydrogens is 508 g/mol. The number of esters is 1. The molecule has 2 aromatic rings. The summed E-state index contributed by atoms with van der Waals surface area (Å²) < 4.78 is 10.2. The molecule has 0 spiro atoms. The predicted molar refractivity (Wildman–Crippen MR) is 155 cm³/mol. The maximum absolute atomic E-state index is 13.1. The lowest BCUT2D eigenvalue weighted by molar-refractivity contribution is -0.143. The molecular formula is C31H38N4O5. The third kappa shape index (κ3) is 9.45. The van der Waals surface area contributed by atoms with Gasteiger partial charge in [0.05, 0.1) is 13.2 Å². The van der Waals surface area contributed by atoms with Crippen LogP contribution in [0.4, 0.5) is 10.5 Å². The quantitative estimate of drug-likeness (QED) is 0.191. The van der Waals surface area contributed by atoms with Gasteiger partial charge in [-0.25, -0.2) is 4.79 Å². The highest BCUT2D eigenvalue weighted by Crippen LogP contribution is 2.20. The molecule has 40 heavy (non-hydrogen) atoms. The highest BCUT2D eigenvalue weighted by atomic mass is 16.6. The largest absolute Gasteiger partial charge is 0.466 e. The molecule has 0 unspecified atom stereocenters. The fraction of sp³-hybridized carbons (Fsp3) is 0.419. The third-order valence-corrected chi connectivity index (χ3v) is 6.05. The monoisotopic (exact) mass is 546 g/mol. The van der Waals surface area contributed by atoms with Crippen molar-refractivity contribution < 1.29 is 23.9 Å². The Bertz CT molecular complexity index is 1280. The van der Waals surface area contributed by atoms with Crippen LogP contribution in [0, 0.1) is 17.3 Å². The number of alkyl carbamates (subject to hydrolysis) is 1. The minimum absolute atomic E-state index is 0.00430. The van der Waals surface area contributed by atoms with Gasteiger partial charge in [0.2, 0.25) is 0 Å². The van der Waals surface area contributed by atoms with Crippen LogP contribution in [0.5, 0.6) is 0 Å². The van der Waals surface area contributed by atoms with Crippen LogP contribution < -0.4 is 10.6 Å². The van der Waals surface area contributed by atoms with Gasteiger partial charge in [-0.15, -0.1) is 0 Å². The minimum atomic E-state index is -0.674. The van der Waals surface area contributed by atoms with Gasteiger partial charge in [0.1, 0.15) is 11.4 Å². The predicted octanol–water partition coefficient (Wildman–Crippen LogP) is 4.73. The van der Waals surface area contributed by atoms with Crippen molar-refractivity contribution in [3.63, 3.8) is 0 Å². The Morgan fingerprint density at radius 1 is 1.05 bits per heavy atom. The van der Waals surface area contributed by atoms with Gasteiger partial charge in [-0.05, 0) is 95.0 Å². The molecule has 1 saturated heterocycles. The summed E-state index contributed by atoms with van der Waals surface area (Å²) in [5.74, 6) is 5.87. The van der Waals surface area contributed by atoms with Crippen molar-refractivity contribution in [3.8, 4) is 11.8 Å². The van der Waals surface area contributed by atoms with Gasteiger partial charge < -0.3 is 19.7 Å². The van der Waals surface area contributed by atoms with Gasteiger partial charge in [-0.2, -0.15) is 0 Å². The zero-order valence-corrected chi connectivity index (χ0v) is 23.7. The van der Waals surface area contributed by atoms with E-state index in [9.17, 15) is 14.4 Å². The van der Waals surface area contributed by atoms with E-state index < -0.39 is 11.7 Å². The van der Waals surface area contributed by atoms with Crippen molar-refractivity contribution in [1.29, 1.82) is 5.41 Å². The molecule has 0 aliphatic carbocycles. The van der Waals surface area contributed by atoms with Crippen LogP contribution in [0.2, 0.25) is 0 Å². The van der Waals surface area contributed by atoms with Crippen LogP contribution in [0.3, 0.4) is 0 Å². The van der Waals surface area contributed by atoms with Gasteiger partial charge >= 0.3 is 12.1 Å². The second kappa shape index (κ2) is 14.2. The third-order valence-electron chi connectivity index (χ3n) is 6.05. The van der Waals surface area contributed by atoms with Gasteiger partial charge in [0, 0.05) is 41.9 Å². The number of carbonyl (C=O) groups excluding carboxylic acids is 3. The lowest BCUT2D eigenvalue weighted by atomic mass is 9.99. The van der Waals surface area contributed by atoms with Crippen LogP contribution >= 0.6 is 0 Å². The number of aryl methyl sites for hydroxylation is 1. The van der Waals surface area contributed by atoms with Crippen LogP contribution in [-0.4, -0.2) is 60.5 Å². The molecule has 0 bridgehead atoms. The number of carbonyl (C=O) groups is 3. The average molecular weight is 547 g/mol. The average Bonchev–Trinajstić information content (AvgIpc) is 3.44. The number of amidine groups is 1. The van der Waals surface area contributed by atoms with Gasteiger partial charge in [-0.3, -0.25) is 20.3 Å². The van der Waals surface area contributed by atoms with E-state index in [-0.39, 0.29) is 24.1 Å². The Hall–Kier alpha value is -4.32. The van der Waals surface area contributed by atoms with Crippen LogP contribution in [0.15, 0.2) is 42.5 Å².